The highest BCUT2D eigenvalue weighted by molar-refractivity contribution is 7.13. The van der Waals surface area contributed by atoms with Crippen molar-refractivity contribution in [3.05, 3.63) is 41.4 Å². The van der Waals surface area contributed by atoms with Crippen LogP contribution in [0.2, 0.25) is 0 Å². The molecule has 5 nitrogen and oxygen atoms in total. The summed E-state index contributed by atoms with van der Waals surface area (Å²) in [6.45, 7) is 3.03. The van der Waals surface area contributed by atoms with Crippen LogP contribution in [0.4, 0.5) is 10.8 Å². The quantitative estimate of drug-likeness (QED) is 0.854. The number of nitrogens with two attached hydrogens (primary N) is 1. The van der Waals surface area contributed by atoms with Crippen LogP contribution in [0.3, 0.4) is 0 Å². The molecule has 1 amide bonds. The van der Waals surface area contributed by atoms with Gasteiger partial charge in [0.1, 0.15) is 0 Å². The topological polar surface area (TPSA) is 62.5 Å². The second-order valence-corrected chi connectivity index (χ2v) is 5.55. The van der Waals surface area contributed by atoms with E-state index in [0.29, 0.717) is 24.3 Å². The number of nitrogens with zero attached hydrogens (tertiary/aromatic N) is 3. The van der Waals surface area contributed by atoms with Gasteiger partial charge in [0.2, 0.25) is 0 Å². The third kappa shape index (κ3) is 2.46. The monoisotopic (exact) mass is 288 g/mol. The van der Waals surface area contributed by atoms with E-state index in [1.807, 2.05) is 28.6 Å². The number of piperazine rings is 1. The van der Waals surface area contributed by atoms with Gasteiger partial charge in [0.25, 0.3) is 5.91 Å². The Kier molecular flexibility index (Phi) is 3.56. The number of nitrogen functional groups attached to an aromatic ring is 1. The highest BCUT2D eigenvalue weighted by Gasteiger charge is 2.24. The van der Waals surface area contributed by atoms with Gasteiger partial charge in [-0.1, -0.05) is 12.1 Å². The minimum absolute atomic E-state index is 0.0156. The summed E-state index contributed by atoms with van der Waals surface area (Å²) in [5.74, 6) is 0.0156. The van der Waals surface area contributed by atoms with Crippen molar-refractivity contribution in [1.82, 2.24) is 9.88 Å². The van der Waals surface area contributed by atoms with E-state index in [9.17, 15) is 4.79 Å². The maximum atomic E-state index is 12.4. The number of hydrogen-bond acceptors (Lipinski definition) is 5. The molecule has 1 saturated heterocycles. The minimum Gasteiger partial charge on any atom is -0.398 e. The van der Waals surface area contributed by atoms with E-state index in [2.05, 4.69) is 9.88 Å². The lowest BCUT2D eigenvalue weighted by Gasteiger charge is -2.34. The van der Waals surface area contributed by atoms with Crippen LogP contribution in [0.1, 0.15) is 10.4 Å². The van der Waals surface area contributed by atoms with Crippen molar-refractivity contribution < 1.29 is 4.79 Å². The van der Waals surface area contributed by atoms with Crippen molar-refractivity contribution in [3.8, 4) is 0 Å². The van der Waals surface area contributed by atoms with Crippen molar-refractivity contribution in [2.45, 2.75) is 0 Å². The number of anilines is 2. The molecule has 0 aliphatic carbocycles. The number of rotatable bonds is 2. The van der Waals surface area contributed by atoms with Gasteiger partial charge < -0.3 is 15.5 Å². The number of hydrogen-bond donors (Lipinski definition) is 1. The molecule has 0 radical (unpaired) electrons. The molecule has 3 rings (SSSR count). The molecular weight excluding hydrogens is 272 g/mol. The van der Waals surface area contributed by atoms with E-state index in [0.717, 1.165) is 18.2 Å². The summed E-state index contributed by atoms with van der Waals surface area (Å²) in [6, 6.07) is 7.23. The molecule has 20 heavy (non-hydrogen) atoms. The summed E-state index contributed by atoms with van der Waals surface area (Å²) in [5, 5.41) is 2.99. The Hall–Kier alpha value is -2.08. The highest BCUT2D eigenvalue weighted by atomic mass is 32.1. The third-order valence-electron chi connectivity index (χ3n) is 3.45. The molecule has 0 atom stereocenters. The summed E-state index contributed by atoms with van der Waals surface area (Å²) < 4.78 is 0. The van der Waals surface area contributed by atoms with E-state index in [-0.39, 0.29) is 5.91 Å². The number of para-hydroxylation sites is 1. The molecule has 6 heteroatoms. The molecule has 104 valence electrons. The molecule has 1 aromatic heterocycles. The van der Waals surface area contributed by atoms with Gasteiger partial charge in [0, 0.05) is 43.4 Å². The molecule has 0 unspecified atom stereocenters. The Morgan fingerprint density at radius 1 is 1.20 bits per heavy atom. The Morgan fingerprint density at radius 2 is 1.95 bits per heavy atom. The third-order valence-corrected chi connectivity index (χ3v) is 4.28. The predicted molar refractivity (Wildman–Crippen MR) is 81.1 cm³/mol. The molecule has 0 bridgehead atoms. The molecule has 2 heterocycles. The first-order chi connectivity index (χ1) is 9.75. The molecule has 1 aliphatic heterocycles. The normalized spacial score (nSPS) is 15.4. The van der Waals surface area contributed by atoms with Crippen LogP contribution >= 0.6 is 11.3 Å². The number of carbonyl (C=O) groups excluding carboxylic acids is 1. The largest absolute Gasteiger partial charge is 0.398 e. The zero-order valence-electron chi connectivity index (χ0n) is 11.0. The Morgan fingerprint density at radius 3 is 2.60 bits per heavy atom. The minimum atomic E-state index is 0.0156. The lowest BCUT2D eigenvalue weighted by Crippen LogP contribution is -2.48. The maximum absolute atomic E-state index is 12.4. The summed E-state index contributed by atoms with van der Waals surface area (Å²) in [6.07, 6.45) is 1.81. The van der Waals surface area contributed by atoms with Crippen LogP contribution in [0.25, 0.3) is 0 Å². The van der Waals surface area contributed by atoms with Crippen molar-refractivity contribution in [2.24, 2.45) is 0 Å². The number of carbonyl (C=O) groups is 1. The van der Waals surface area contributed by atoms with Crippen LogP contribution in [-0.2, 0) is 0 Å². The van der Waals surface area contributed by atoms with E-state index < -0.39 is 0 Å². The summed E-state index contributed by atoms with van der Waals surface area (Å²) in [4.78, 5) is 20.8. The van der Waals surface area contributed by atoms with Gasteiger partial charge in [-0.05, 0) is 12.1 Å². The van der Waals surface area contributed by atoms with Gasteiger partial charge in [-0.3, -0.25) is 4.79 Å². The van der Waals surface area contributed by atoms with E-state index in [1.54, 1.807) is 23.5 Å². The molecule has 1 aromatic carbocycles. The number of aromatic nitrogens is 1. The van der Waals surface area contributed by atoms with Crippen molar-refractivity contribution in [2.75, 3.05) is 36.8 Å². The van der Waals surface area contributed by atoms with Gasteiger partial charge in [-0.2, -0.15) is 0 Å². The predicted octanol–water partition coefficient (Wildman–Crippen LogP) is 1.69. The van der Waals surface area contributed by atoms with Gasteiger partial charge in [0.15, 0.2) is 5.13 Å². The maximum Gasteiger partial charge on any atom is 0.256 e. The fourth-order valence-electron chi connectivity index (χ4n) is 2.34. The summed E-state index contributed by atoms with van der Waals surface area (Å²) in [7, 11) is 0. The second kappa shape index (κ2) is 5.50. The van der Waals surface area contributed by atoms with Crippen LogP contribution in [0.5, 0.6) is 0 Å². The first-order valence-electron chi connectivity index (χ1n) is 6.54. The zero-order valence-corrected chi connectivity index (χ0v) is 11.8. The van der Waals surface area contributed by atoms with E-state index in [1.165, 1.54) is 0 Å². The molecule has 0 saturated carbocycles. The van der Waals surface area contributed by atoms with Crippen LogP contribution in [0.15, 0.2) is 35.8 Å². The van der Waals surface area contributed by atoms with Crippen LogP contribution in [-0.4, -0.2) is 42.0 Å². The Bertz CT molecular complexity index is 591. The smallest absolute Gasteiger partial charge is 0.256 e. The molecule has 2 N–H and O–H groups in total. The molecular formula is C14H16N4OS. The number of amides is 1. The first kappa shape index (κ1) is 12.9. The Labute approximate surface area is 121 Å². The second-order valence-electron chi connectivity index (χ2n) is 4.68. The Balaban J connectivity index is 1.66. The molecule has 0 spiro atoms. The van der Waals surface area contributed by atoms with Crippen LogP contribution < -0.4 is 10.6 Å². The van der Waals surface area contributed by atoms with Gasteiger partial charge in [-0.15, -0.1) is 11.3 Å². The summed E-state index contributed by atoms with van der Waals surface area (Å²) in [5.41, 5.74) is 7.00. The van der Waals surface area contributed by atoms with E-state index in [4.69, 9.17) is 5.73 Å². The fraction of sp³-hybridized carbons (Fsp3) is 0.286. The molecule has 1 aliphatic rings. The lowest BCUT2D eigenvalue weighted by molar-refractivity contribution is 0.0748. The van der Waals surface area contributed by atoms with Crippen LogP contribution in [0, 0.1) is 0 Å². The molecule has 2 aromatic rings. The van der Waals surface area contributed by atoms with Gasteiger partial charge >= 0.3 is 0 Å². The first-order valence-corrected chi connectivity index (χ1v) is 7.42. The van der Waals surface area contributed by atoms with E-state index >= 15 is 0 Å². The number of thiazole rings is 1. The van der Waals surface area contributed by atoms with Gasteiger partial charge in [-0.25, -0.2) is 4.98 Å². The highest BCUT2D eigenvalue weighted by Crippen LogP contribution is 2.20. The average Bonchev–Trinajstić information content (AvgIpc) is 3.01. The van der Waals surface area contributed by atoms with Gasteiger partial charge in [0.05, 0.1) is 5.56 Å². The summed E-state index contributed by atoms with van der Waals surface area (Å²) >= 11 is 1.63. The lowest BCUT2D eigenvalue weighted by atomic mass is 10.1. The average molecular weight is 288 g/mol. The SMILES string of the molecule is Nc1ccccc1C(=O)N1CCN(c2nccs2)CC1. The van der Waals surface area contributed by atoms with Crippen molar-refractivity contribution in [1.29, 1.82) is 0 Å². The van der Waals surface area contributed by atoms with Crippen molar-refractivity contribution >= 4 is 28.1 Å². The molecule has 1 fully saturated rings. The fourth-order valence-corrected chi connectivity index (χ4v) is 3.03. The standard InChI is InChI=1S/C14H16N4OS/c15-12-4-2-1-3-11(12)13(19)17-6-8-18(9-7-17)14-16-5-10-20-14/h1-5,10H,6-9,15H2. The zero-order chi connectivity index (χ0) is 13.9. The van der Waals surface area contributed by atoms with Crippen molar-refractivity contribution in [3.63, 3.8) is 0 Å². The number of benzene rings is 1.